The molecule has 3 heteroatoms. The number of aliphatic hydroxyl groups excluding tert-OH is 1. The summed E-state index contributed by atoms with van der Waals surface area (Å²) in [4.78, 5) is 2.21. The van der Waals surface area contributed by atoms with E-state index in [9.17, 15) is 0 Å². The summed E-state index contributed by atoms with van der Waals surface area (Å²) in [5.74, 6) is 0. The van der Waals surface area contributed by atoms with E-state index >= 15 is 0 Å². The first-order valence-corrected chi connectivity index (χ1v) is 4.33. The molecule has 1 saturated heterocycles. The highest BCUT2D eigenvalue weighted by atomic mass is 16.5. The zero-order valence-electron chi connectivity index (χ0n) is 7.62. The van der Waals surface area contributed by atoms with Crippen molar-refractivity contribution in [3.63, 3.8) is 0 Å². The van der Waals surface area contributed by atoms with Crippen LogP contribution in [-0.4, -0.2) is 49.0 Å². The molecule has 1 fully saturated rings. The van der Waals surface area contributed by atoms with Gasteiger partial charge in [0, 0.05) is 13.1 Å². The van der Waals surface area contributed by atoms with E-state index < -0.39 is 0 Å². The molecule has 12 heavy (non-hydrogen) atoms. The van der Waals surface area contributed by atoms with E-state index in [1.54, 1.807) is 0 Å². The third-order valence-electron chi connectivity index (χ3n) is 2.23. The smallest absolute Gasteiger partial charge is 0.0625 e. The Morgan fingerprint density at radius 3 is 2.58 bits per heavy atom. The van der Waals surface area contributed by atoms with Crippen molar-refractivity contribution in [2.24, 2.45) is 0 Å². The summed E-state index contributed by atoms with van der Waals surface area (Å²) in [6.45, 7) is 9.31. The molecule has 0 amide bonds. The average molecular weight is 171 g/mol. The van der Waals surface area contributed by atoms with Gasteiger partial charge < -0.3 is 9.84 Å². The minimum absolute atomic E-state index is 0.119. The van der Waals surface area contributed by atoms with Gasteiger partial charge in [0.25, 0.3) is 0 Å². The van der Waals surface area contributed by atoms with Gasteiger partial charge in [0.1, 0.15) is 0 Å². The van der Waals surface area contributed by atoms with Gasteiger partial charge in [0.2, 0.25) is 0 Å². The summed E-state index contributed by atoms with van der Waals surface area (Å²) in [7, 11) is 0. The molecule has 70 valence electrons. The van der Waals surface area contributed by atoms with E-state index in [0.717, 1.165) is 31.9 Å². The molecule has 0 spiro atoms. The Kier molecular flexibility index (Phi) is 3.72. The van der Waals surface area contributed by atoms with Crippen LogP contribution in [0.1, 0.15) is 6.92 Å². The fourth-order valence-corrected chi connectivity index (χ4v) is 1.47. The van der Waals surface area contributed by atoms with Crippen LogP contribution in [0.15, 0.2) is 12.2 Å². The highest BCUT2D eigenvalue weighted by Crippen LogP contribution is 2.09. The van der Waals surface area contributed by atoms with Gasteiger partial charge in [-0.1, -0.05) is 12.2 Å². The first-order chi connectivity index (χ1) is 5.75. The fraction of sp³-hybridized carbons (Fsp3) is 0.778. The number of hydrogen-bond acceptors (Lipinski definition) is 3. The lowest BCUT2D eigenvalue weighted by Crippen LogP contribution is -2.45. The second-order valence-electron chi connectivity index (χ2n) is 3.19. The fourth-order valence-electron chi connectivity index (χ4n) is 1.47. The quantitative estimate of drug-likeness (QED) is 0.618. The minimum Gasteiger partial charge on any atom is -0.394 e. The van der Waals surface area contributed by atoms with Crippen LogP contribution < -0.4 is 0 Å². The molecule has 3 nitrogen and oxygen atoms in total. The predicted octanol–water partition coefficient (Wildman–Crippen LogP) is 0.256. The molecule has 0 aliphatic carbocycles. The summed E-state index contributed by atoms with van der Waals surface area (Å²) in [6.07, 6.45) is 0. The summed E-state index contributed by atoms with van der Waals surface area (Å²) >= 11 is 0. The van der Waals surface area contributed by atoms with Gasteiger partial charge in [-0.05, 0) is 6.92 Å². The molecule has 0 aromatic heterocycles. The molecule has 0 aromatic rings. The third-order valence-corrected chi connectivity index (χ3v) is 2.23. The Hall–Kier alpha value is -0.380. The zero-order chi connectivity index (χ0) is 8.97. The van der Waals surface area contributed by atoms with Crippen molar-refractivity contribution < 1.29 is 9.84 Å². The SMILES string of the molecule is C=C(C)C(CO)N1CCOCC1. The predicted molar refractivity (Wildman–Crippen MR) is 48.1 cm³/mol. The first kappa shape index (κ1) is 9.71. The first-order valence-electron chi connectivity index (χ1n) is 4.33. The molecular weight excluding hydrogens is 154 g/mol. The van der Waals surface area contributed by atoms with E-state index in [0.29, 0.717) is 0 Å². The lowest BCUT2D eigenvalue weighted by Gasteiger charge is -2.33. The number of aliphatic hydroxyl groups is 1. The van der Waals surface area contributed by atoms with Crippen molar-refractivity contribution in [3.05, 3.63) is 12.2 Å². The van der Waals surface area contributed by atoms with Gasteiger partial charge in [-0.25, -0.2) is 0 Å². The van der Waals surface area contributed by atoms with Gasteiger partial charge in [-0.3, -0.25) is 4.90 Å². The van der Waals surface area contributed by atoms with Crippen LogP contribution in [0.4, 0.5) is 0 Å². The Morgan fingerprint density at radius 1 is 1.58 bits per heavy atom. The largest absolute Gasteiger partial charge is 0.394 e. The molecule has 0 saturated carbocycles. The van der Waals surface area contributed by atoms with E-state index in [1.807, 2.05) is 6.92 Å². The lowest BCUT2D eigenvalue weighted by atomic mass is 10.1. The van der Waals surface area contributed by atoms with E-state index in [2.05, 4.69) is 11.5 Å². The van der Waals surface area contributed by atoms with Crippen LogP contribution in [0.3, 0.4) is 0 Å². The van der Waals surface area contributed by atoms with Crippen LogP contribution in [0.25, 0.3) is 0 Å². The molecule has 0 bridgehead atoms. The maximum atomic E-state index is 9.11. The highest BCUT2D eigenvalue weighted by molar-refractivity contribution is 5.02. The summed E-state index contributed by atoms with van der Waals surface area (Å²) in [5, 5.41) is 9.11. The van der Waals surface area contributed by atoms with Crippen molar-refractivity contribution in [1.29, 1.82) is 0 Å². The van der Waals surface area contributed by atoms with Gasteiger partial charge >= 0.3 is 0 Å². The van der Waals surface area contributed by atoms with E-state index in [-0.39, 0.29) is 12.6 Å². The third kappa shape index (κ3) is 2.30. The van der Waals surface area contributed by atoms with Gasteiger partial charge in [0.05, 0.1) is 25.9 Å². The molecule has 1 aliphatic heterocycles. The van der Waals surface area contributed by atoms with Gasteiger partial charge in [0.15, 0.2) is 0 Å². The lowest BCUT2D eigenvalue weighted by molar-refractivity contribution is 0.0122. The Balaban J connectivity index is 2.46. The molecule has 1 aliphatic rings. The monoisotopic (exact) mass is 171 g/mol. The van der Waals surface area contributed by atoms with Crippen molar-refractivity contribution >= 4 is 0 Å². The van der Waals surface area contributed by atoms with Crippen LogP contribution >= 0.6 is 0 Å². The van der Waals surface area contributed by atoms with Crippen molar-refractivity contribution in [2.45, 2.75) is 13.0 Å². The summed E-state index contributed by atoms with van der Waals surface area (Å²) in [5.41, 5.74) is 1.03. The van der Waals surface area contributed by atoms with Crippen molar-refractivity contribution in [2.75, 3.05) is 32.9 Å². The minimum atomic E-state index is 0.119. The van der Waals surface area contributed by atoms with Crippen molar-refractivity contribution in [3.8, 4) is 0 Å². The van der Waals surface area contributed by atoms with E-state index in [1.165, 1.54) is 0 Å². The molecule has 1 atom stereocenters. The highest BCUT2D eigenvalue weighted by Gasteiger charge is 2.20. The van der Waals surface area contributed by atoms with Gasteiger partial charge in [-0.15, -0.1) is 0 Å². The normalized spacial score (nSPS) is 22.2. The maximum absolute atomic E-state index is 9.11. The second kappa shape index (κ2) is 4.60. The number of ether oxygens (including phenoxy) is 1. The van der Waals surface area contributed by atoms with Crippen LogP contribution in [0, 0.1) is 0 Å². The van der Waals surface area contributed by atoms with Crippen molar-refractivity contribution in [1.82, 2.24) is 4.90 Å². The number of hydrogen-bond donors (Lipinski definition) is 1. The molecule has 1 unspecified atom stereocenters. The van der Waals surface area contributed by atoms with E-state index in [4.69, 9.17) is 9.84 Å². The van der Waals surface area contributed by atoms with Crippen LogP contribution in [0.5, 0.6) is 0 Å². The standard InChI is InChI=1S/C9H17NO2/c1-8(2)9(7-11)10-3-5-12-6-4-10/h9,11H,1,3-7H2,2H3. The van der Waals surface area contributed by atoms with Gasteiger partial charge in [-0.2, -0.15) is 0 Å². The second-order valence-corrected chi connectivity index (χ2v) is 3.19. The summed E-state index contributed by atoms with van der Waals surface area (Å²) < 4.78 is 5.22. The van der Waals surface area contributed by atoms with Crippen LogP contribution in [-0.2, 0) is 4.74 Å². The molecule has 0 radical (unpaired) electrons. The molecule has 1 rings (SSSR count). The molecule has 0 aromatic carbocycles. The Labute approximate surface area is 73.6 Å². The number of nitrogens with zero attached hydrogens (tertiary/aromatic N) is 1. The Bertz CT molecular complexity index is 153. The number of morpholine rings is 1. The zero-order valence-corrected chi connectivity index (χ0v) is 7.62. The Morgan fingerprint density at radius 2 is 2.17 bits per heavy atom. The topological polar surface area (TPSA) is 32.7 Å². The average Bonchev–Trinajstić information content (AvgIpc) is 2.07. The summed E-state index contributed by atoms with van der Waals surface area (Å²) in [6, 6.07) is 0.119. The van der Waals surface area contributed by atoms with Crippen LogP contribution in [0.2, 0.25) is 0 Å². The maximum Gasteiger partial charge on any atom is 0.0625 e. The number of rotatable bonds is 3. The molecular formula is C9H17NO2. The molecule has 1 N–H and O–H groups in total. The molecule has 1 heterocycles.